The molecule has 0 bridgehead atoms. The van der Waals surface area contributed by atoms with Crippen molar-refractivity contribution in [1.29, 1.82) is 0 Å². The topological polar surface area (TPSA) is 37.8 Å². The second kappa shape index (κ2) is 6.95. The van der Waals surface area contributed by atoms with Crippen molar-refractivity contribution in [2.24, 2.45) is 0 Å². The molecule has 0 aromatic carbocycles. The van der Waals surface area contributed by atoms with Crippen LogP contribution in [0, 0.1) is 0 Å². The number of rotatable bonds is 6. The third-order valence-electron chi connectivity index (χ3n) is 3.38. The average Bonchev–Trinajstić information content (AvgIpc) is 2.90. The van der Waals surface area contributed by atoms with Crippen LogP contribution in [0.3, 0.4) is 0 Å². The van der Waals surface area contributed by atoms with Gasteiger partial charge in [0.05, 0.1) is 11.4 Å². The van der Waals surface area contributed by atoms with Crippen LogP contribution in [0.4, 0.5) is 0 Å². The molecule has 0 aliphatic heterocycles. The largest absolute Gasteiger partial charge is 0.309 e. The monoisotopic (exact) mass is 289 g/mol. The molecule has 2 aromatic rings. The van der Waals surface area contributed by atoms with E-state index in [1.54, 1.807) is 11.3 Å². The summed E-state index contributed by atoms with van der Waals surface area (Å²) in [5.41, 5.74) is 2.17. The van der Waals surface area contributed by atoms with Gasteiger partial charge in [-0.2, -0.15) is 0 Å². The molecule has 1 atom stereocenters. The van der Waals surface area contributed by atoms with E-state index < -0.39 is 0 Å². The van der Waals surface area contributed by atoms with Crippen LogP contribution in [0.2, 0.25) is 0 Å². The van der Waals surface area contributed by atoms with Gasteiger partial charge in [-0.15, -0.1) is 11.3 Å². The van der Waals surface area contributed by atoms with Gasteiger partial charge in [-0.1, -0.05) is 26.8 Å². The van der Waals surface area contributed by atoms with Gasteiger partial charge in [0, 0.05) is 23.7 Å². The van der Waals surface area contributed by atoms with Crippen LogP contribution in [0.25, 0.3) is 10.7 Å². The van der Waals surface area contributed by atoms with Gasteiger partial charge in [-0.05, 0) is 31.4 Å². The highest BCUT2D eigenvalue weighted by Crippen LogP contribution is 2.30. The van der Waals surface area contributed by atoms with Crippen molar-refractivity contribution in [2.75, 3.05) is 0 Å². The molecule has 0 spiro atoms. The van der Waals surface area contributed by atoms with Gasteiger partial charge in [0.15, 0.2) is 0 Å². The van der Waals surface area contributed by atoms with Crippen molar-refractivity contribution >= 4 is 11.3 Å². The fraction of sp³-hybridized carbons (Fsp3) is 0.500. The zero-order valence-electron chi connectivity index (χ0n) is 12.7. The van der Waals surface area contributed by atoms with Crippen LogP contribution in [0.5, 0.6) is 0 Å². The number of aromatic nitrogens is 2. The molecule has 2 heterocycles. The molecular formula is C16H23N3S. The lowest BCUT2D eigenvalue weighted by Crippen LogP contribution is -2.24. The van der Waals surface area contributed by atoms with Crippen LogP contribution in [0.15, 0.2) is 24.4 Å². The third kappa shape index (κ3) is 3.64. The molecule has 0 radical (unpaired) electrons. The molecule has 0 aliphatic carbocycles. The Hall–Kier alpha value is -1.26. The minimum Gasteiger partial charge on any atom is -0.309 e. The first-order valence-electron chi connectivity index (χ1n) is 7.26. The van der Waals surface area contributed by atoms with Crippen molar-refractivity contribution in [3.8, 4) is 10.7 Å². The minimum atomic E-state index is 0.442. The van der Waals surface area contributed by atoms with Crippen LogP contribution in [0.1, 0.15) is 50.6 Å². The maximum absolute atomic E-state index is 4.80. The van der Waals surface area contributed by atoms with Gasteiger partial charge in [0.25, 0.3) is 0 Å². The standard InChI is InChI=1S/C16H23N3S/c1-5-12(4)18-10-14-15(11(2)3)19-16(20-14)13-8-6-7-9-17-13/h6-9,11-12,18H,5,10H2,1-4H3. The van der Waals surface area contributed by atoms with Gasteiger partial charge in [0.1, 0.15) is 5.01 Å². The molecule has 20 heavy (non-hydrogen) atoms. The van der Waals surface area contributed by atoms with Crippen molar-refractivity contribution in [2.45, 2.75) is 52.6 Å². The normalized spacial score (nSPS) is 12.8. The summed E-state index contributed by atoms with van der Waals surface area (Å²) >= 11 is 1.76. The lowest BCUT2D eigenvalue weighted by molar-refractivity contribution is 0.534. The van der Waals surface area contributed by atoms with E-state index in [1.807, 2.05) is 24.4 Å². The number of nitrogens with one attached hydrogen (secondary N) is 1. The second-order valence-corrected chi connectivity index (χ2v) is 6.47. The molecule has 0 saturated carbocycles. The second-order valence-electron chi connectivity index (χ2n) is 5.39. The summed E-state index contributed by atoms with van der Waals surface area (Å²) in [6, 6.07) is 6.51. The van der Waals surface area contributed by atoms with E-state index in [4.69, 9.17) is 4.98 Å². The summed E-state index contributed by atoms with van der Waals surface area (Å²) < 4.78 is 0. The Morgan fingerprint density at radius 1 is 1.25 bits per heavy atom. The molecule has 2 rings (SSSR count). The Morgan fingerprint density at radius 2 is 2.05 bits per heavy atom. The predicted molar refractivity (Wildman–Crippen MR) is 86.0 cm³/mol. The number of pyridine rings is 1. The quantitative estimate of drug-likeness (QED) is 0.865. The highest BCUT2D eigenvalue weighted by molar-refractivity contribution is 7.15. The molecule has 3 nitrogen and oxygen atoms in total. The first kappa shape index (κ1) is 15.1. The van der Waals surface area contributed by atoms with Crippen LogP contribution < -0.4 is 5.32 Å². The summed E-state index contributed by atoms with van der Waals surface area (Å²) in [6.45, 7) is 9.71. The van der Waals surface area contributed by atoms with Gasteiger partial charge in [0.2, 0.25) is 0 Å². The van der Waals surface area contributed by atoms with E-state index in [0.717, 1.165) is 23.7 Å². The van der Waals surface area contributed by atoms with Crippen LogP contribution in [-0.2, 0) is 6.54 Å². The van der Waals surface area contributed by atoms with Crippen LogP contribution in [-0.4, -0.2) is 16.0 Å². The molecule has 0 aliphatic rings. The SMILES string of the molecule is CCC(C)NCc1sc(-c2ccccn2)nc1C(C)C. The maximum atomic E-state index is 4.80. The third-order valence-corrected chi connectivity index (χ3v) is 4.48. The van der Waals surface area contributed by atoms with Crippen molar-refractivity contribution in [1.82, 2.24) is 15.3 Å². The van der Waals surface area contributed by atoms with E-state index in [-0.39, 0.29) is 0 Å². The molecule has 4 heteroatoms. The molecule has 0 amide bonds. The van der Waals surface area contributed by atoms with E-state index in [9.17, 15) is 0 Å². The summed E-state index contributed by atoms with van der Waals surface area (Å²) in [6.07, 6.45) is 2.96. The fourth-order valence-electron chi connectivity index (χ4n) is 1.95. The number of thiazole rings is 1. The summed E-state index contributed by atoms with van der Waals surface area (Å²) in [5, 5.41) is 4.58. The zero-order chi connectivity index (χ0) is 14.5. The fourth-order valence-corrected chi connectivity index (χ4v) is 3.10. The Kier molecular flexibility index (Phi) is 5.26. The molecule has 108 valence electrons. The number of hydrogen-bond acceptors (Lipinski definition) is 4. The Morgan fingerprint density at radius 3 is 2.65 bits per heavy atom. The minimum absolute atomic E-state index is 0.442. The lowest BCUT2D eigenvalue weighted by atomic mass is 10.1. The lowest BCUT2D eigenvalue weighted by Gasteiger charge is -2.11. The first-order valence-corrected chi connectivity index (χ1v) is 8.07. The molecule has 1 N–H and O–H groups in total. The van der Waals surface area contributed by atoms with Crippen molar-refractivity contribution < 1.29 is 0 Å². The van der Waals surface area contributed by atoms with E-state index in [2.05, 4.69) is 38.0 Å². The van der Waals surface area contributed by atoms with Crippen molar-refractivity contribution in [3.05, 3.63) is 35.0 Å². The van der Waals surface area contributed by atoms with E-state index in [1.165, 1.54) is 10.6 Å². The zero-order valence-corrected chi connectivity index (χ0v) is 13.5. The summed E-state index contributed by atoms with van der Waals surface area (Å²) in [4.78, 5) is 10.5. The molecule has 0 fully saturated rings. The Bertz CT molecular complexity index is 534. The van der Waals surface area contributed by atoms with Gasteiger partial charge < -0.3 is 5.32 Å². The van der Waals surface area contributed by atoms with E-state index >= 15 is 0 Å². The molecular weight excluding hydrogens is 266 g/mol. The van der Waals surface area contributed by atoms with Gasteiger partial charge in [-0.25, -0.2) is 4.98 Å². The molecule has 1 unspecified atom stereocenters. The maximum Gasteiger partial charge on any atom is 0.142 e. The number of nitrogens with zero attached hydrogens (tertiary/aromatic N) is 2. The Labute approximate surface area is 125 Å². The summed E-state index contributed by atoms with van der Waals surface area (Å²) in [5.74, 6) is 0.442. The average molecular weight is 289 g/mol. The van der Waals surface area contributed by atoms with E-state index in [0.29, 0.717) is 12.0 Å². The molecule has 0 saturated heterocycles. The summed E-state index contributed by atoms with van der Waals surface area (Å²) in [7, 11) is 0. The predicted octanol–water partition coefficient (Wildman–Crippen LogP) is 4.22. The highest BCUT2D eigenvalue weighted by atomic mass is 32.1. The number of hydrogen-bond donors (Lipinski definition) is 1. The van der Waals surface area contributed by atoms with Crippen molar-refractivity contribution in [3.63, 3.8) is 0 Å². The van der Waals surface area contributed by atoms with Gasteiger partial charge >= 0.3 is 0 Å². The highest BCUT2D eigenvalue weighted by Gasteiger charge is 2.16. The molecule has 2 aromatic heterocycles. The van der Waals surface area contributed by atoms with Gasteiger partial charge in [-0.3, -0.25) is 4.98 Å². The smallest absolute Gasteiger partial charge is 0.142 e. The Balaban J connectivity index is 2.24. The van der Waals surface area contributed by atoms with Crippen LogP contribution >= 0.6 is 11.3 Å². The first-order chi connectivity index (χ1) is 9.61.